The number of thioether (sulfide) groups is 1. The predicted molar refractivity (Wildman–Crippen MR) is 77.4 cm³/mol. The van der Waals surface area contributed by atoms with E-state index >= 15 is 0 Å². The molecule has 0 heterocycles. The van der Waals surface area contributed by atoms with Crippen molar-refractivity contribution in [3.05, 3.63) is 29.6 Å². The van der Waals surface area contributed by atoms with Gasteiger partial charge in [0.2, 0.25) is 0 Å². The third kappa shape index (κ3) is 5.72. The fraction of sp³-hybridized carbons (Fsp3) is 0.462. The molecule has 0 aliphatic heterocycles. The van der Waals surface area contributed by atoms with Crippen LogP contribution in [0.15, 0.2) is 18.2 Å². The highest BCUT2D eigenvalue weighted by Crippen LogP contribution is 2.32. The molecule has 1 aromatic rings. The molecular weight excluding hydrogens is 324 g/mol. The van der Waals surface area contributed by atoms with Crippen molar-refractivity contribution in [1.82, 2.24) is 5.32 Å². The summed E-state index contributed by atoms with van der Waals surface area (Å²) in [6.45, 7) is -0.125. The maximum atomic E-state index is 13.1. The molecule has 4 nitrogen and oxygen atoms in total. The average molecular weight is 340 g/mol. The molecule has 1 aromatic carbocycles. The van der Waals surface area contributed by atoms with Crippen molar-refractivity contribution in [2.24, 2.45) is 0 Å². The molecule has 3 N–H and O–H groups in total. The lowest BCUT2D eigenvalue weighted by molar-refractivity contribution is -0.139. The van der Waals surface area contributed by atoms with Gasteiger partial charge in [-0.2, -0.15) is 24.9 Å². The monoisotopic (exact) mass is 340 g/mol. The molecule has 1 atom stereocenters. The number of anilines is 1. The summed E-state index contributed by atoms with van der Waals surface area (Å²) in [5.41, 5.74) is -1.61. The summed E-state index contributed by atoms with van der Waals surface area (Å²) in [6.07, 6.45) is -2.69. The topological polar surface area (TPSA) is 61.4 Å². The molecule has 0 saturated carbocycles. The number of aliphatic hydroxyl groups excluding tert-OH is 1. The minimum Gasteiger partial charge on any atom is -0.396 e. The number of hydrogen-bond donors (Lipinski definition) is 3. The molecule has 1 rings (SSSR count). The van der Waals surface area contributed by atoms with Crippen molar-refractivity contribution < 1.29 is 27.5 Å². The molecule has 0 radical (unpaired) electrons. The van der Waals surface area contributed by atoms with Crippen LogP contribution in [-0.4, -0.2) is 35.8 Å². The van der Waals surface area contributed by atoms with Gasteiger partial charge in [-0.15, -0.1) is 0 Å². The van der Waals surface area contributed by atoms with Crippen LogP contribution in [0, 0.1) is 5.82 Å². The lowest BCUT2D eigenvalue weighted by atomic mass is 10.2. The van der Waals surface area contributed by atoms with Gasteiger partial charge in [0.25, 0.3) is 0 Å². The number of urea groups is 1. The van der Waals surface area contributed by atoms with E-state index in [0.29, 0.717) is 24.3 Å². The Labute approximate surface area is 129 Å². The molecule has 0 saturated heterocycles. The van der Waals surface area contributed by atoms with Crippen LogP contribution in [0.4, 0.5) is 28.0 Å². The molecule has 0 spiro atoms. The number of halogens is 4. The highest BCUT2D eigenvalue weighted by Gasteiger charge is 2.34. The Kier molecular flexibility index (Phi) is 6.95. The lowest BCUT2D eigenvalue weighted by Crippen LogP contribution is -2.40. The summed E-state index contributed by atoms with van der Waals surface area (Å²) in [5.74, 6) is -0.857. The molecule has 124 valence electrons. The first-order valence-corrected chi connectivity index (χ1v) is 7.71. The summed E-state index contributed by atoms with van der Waals surface area (Å²) in [7, 11) is 0. The third-order valence-corrected chi connectivity index (χ3v) is 3.45. The summed E-state index contributed by atoms with van der Waals surface area (Å²) in [5, 5.41) is 13.6. The van der Waals surface area contributed by atoms with E-state index in [2.05, 4.69) is 10.6 Å². The zero-order valence-corrected chi connectivity index (χ0v) is 12.5. The fourth-order valence-electron chi connectivity index (χ4n) is 1.73. The molecule has 1 unspecified atom stereocenters. The second-order valence-electron chi connectivity index (χ2n) is 4.46. The highest BCUT2D eigenvalue weighted by molar-refractivity contribution is 7.98. The van der Waals surface area contributed by atoms with Crippen LogP contribution in [0.25, 0.3) is 0 Å². The maximum absolute atomic E-state index is 13.1. The summed E-state index contributed by atoms with van der Waals surface area (Å²) in [4.78, 5) is 11.7. The number of carbonyl (C=O) groups excluding carboxylic acids is 1. The van der Waals surface area contributed by atoms with E-state index in [1.54, 1.807) is 0 Å². The Morgan fingerprint density at radius 1 is 1.41 bits per heavy atom. The Hall–Kier alpha value is -1.48. The number of aliphatic hydroxyl groups is 1. The molecule has 9 heteroatoms. The van der Waals surface area contributed by atoms with Gasteiger partial charge < -0.3 is 15.7 Å². The third-order valence-electron chi connectivity index (χ3n) is 2.71. The van der Waals surface area contributed by atoms with Crippen molar-refractivity contribution in [2.75, 3.05) is 23.9 Å². The zero-order valence-electron chi connectivity index (χ0n) is 11.7. The molecule has 0 fully saturated rings. The zero-order chi connectivity index (χ0) is 16.8. The molecular formula is C13H16F4N2O2S. The Morgan fingerprint density at radius 2 is 2.09 bits per heavy atom. The Bertz CT molecular complexity index is 505. The number of amides is 2. The number of carbonyl (C=O) groups is 1. The van der Waals surface area contributed by atoms with E-state index in [0.717, 1.165) is 6.07 Å². The van der Waals surface area contributed by atoms with E-state index in [4.69, 9.17) is 5.11 Å². The van der Waals surface area contributed by atoms with Crippen LogP contribution in [0.2, 0.25) is 0 Å². The van der Waals surface area contributed by atoms with Crippen LogP contribution in [-0.2, 0) is 6.18 Å². The van der Waals surface area contributed by atoms with Crippen LogP contribution < -0.4 is 10.6 Å². The minimum atomic E-state index is -4.84. The number of nitrogens with one attached hydrogen (secondary N) is 2. The highest BCUT2D eigenvalue weighted by atomic mass is 32.2. The van der Waals surface area contributed by atoms with Gasteiger partial charge in [-0.05, 0) is 30.9 Å². The van der Waals surface area contributed by atoms with Crippen LogP contribution in [0.5, 0.6) is 0 Å². The van der Waals surface area contributed by atoms with Crippen LogP contribution >= 0.6 is 11.8 Å². The van der Waals surface area contributed by atoms with E-state index < -0.39 is 23.6 Å². The lowest BCUT2D eigenvalue weighted by Gasteiger charge is -2.17. The van der Waals surface area contributed by atoms with Crippen LogP contribution in [0.3, 0.4) is 0 Å². The normalized spacial score (nSPS) is 12.8. The summed E-state index contributed by atoms with van der Waals surface area (Å²) >= 11 is 1.45. The predicted octanol–water partition coefficient (Wildman–Crippen LogP) is 3.08. The van der Waals surface area contributed by atoms with Crippen molar-refractivity contribution in [3.63, 3.8) is 0 Å². The van der Waals surface area contributed by atoms with E-state index in [9.17, 15) is 22.4 Å². The largest absolute Gasteiger partial charge is 0.419 e. The molecule has 0 bridgehead atoms. The molecule has 2 amide bonds. The van der Waals surface area contributed by atoms with Crippen molar-refractivity contribution in [2.45, 2.75) is 18.6 Å². The van der Waals surface area contributed by atoms with E-state index in [1.165, 1.54) is 11.8 Å². The maximum Gasteiger partial charge on any atom is 0.419 e. The van der Waals surface area contributed by atoms with Crippen molar-refractivity contribution in [3.8, 4) is 0 Å². The quantitative estimate of drug-likeness (QED) is 0.698. The summed E-state index contributed by atoms with van der Waals surface area (Å²) < 4.78 is 50.9. The summed E-state index contributed by atoms with van der Waals surface area (Å²) in [6, 6.07) is 1.19. The SMILES string of the molecule is CSCC(CCO)NC(=O)Nc1ccc(F)c(C(F)(F)F)c1. The van der Waals surface area contributed by atoms with Crippen molar-refractivity contribution >= 4 is 23.5 Å². The smallest absolute Gasteiger partial charge is 0.396 e. The molecule has 0 aliphatic rings. The van der Waals surface area contributed by atoms with Gasteiger partial charge in [0.1, 0.15) is 5.82 Å². The Balaban J connectivity index is 2.76. The standard InChI is InChI=1S/C13H16F4N2O2S/c1-22-7-9(4-5-20)19-12(21)18-8-2-3-11(14)10(6-8)13(15,16)17/h2-3,6,9,20H,4-5,7H2,1H3,(H2,18,19,21). The van der Waals surface area contributed by atoms with Gasteiger partial charge in [0, 0.05) is 24.1 Å². The van der Waals surface area contributed by atoms with Gasteiger partial charge in [-0.3, -0.25) is 0 Å². The van der Waals surface area contributed by atoms with Crippen molar-refractivity contribution in [1.29, 1.82) is 0 Å². The molecule has 0 aromatic heterocycles. The Morgan fingerprint density at radius 3 is 2.64 bits per heavy atom. The number of rotatable bonds is 6. The van der Waals surface area contributed by atoms with Crippen LogP contribution in [0.1, 0.15) is 12.0 Å². The first-order valence-electron chi connectivity index (χ1n) is 6.32. The van der Waals surface area contributed by atoms with Gasteiger partial charge in [0.05, 0.1) is 5.56 Å². The van der Waals surface area contributed by atoms with Gasteiger partial charge in [-0.1, -0.05) is 0 Å². The van der Waals surface area contributed by atoms with Gasteiger partial charge in [-0.25, -0.2) is 9.18 Å². The number of benzene rings is 1. The number of alkyl halides is 3. The van der Waals surface area contributed by atoms with Gasteiger partial charge in [0.15, 0.2) is 0 Å². The molecule has 22 heavy (non-hydrogen) atoms. The number of hydrogen-bond acceptors (Lipinski definition) is 3. The fourth-order valence-corrected chi connectivity index (χ4v) is 2.38. The molecule has 0 aliphatic carbocycles. The second kappa shape index (κ2) is 8.23. The van der Waals surface area contributed by atoms with E-state index in [1.807, 2.05) is 6.26 Å². The first-order chi connectivity index (χ1) is 10.3. The minimum absolute atomic E-state index is 0.125. The second-order valence-corrected chi connectivity index (χ2v) is 5.37. The average Bonchev–Trinajstić information content (AvgIpc) is 2.40. The van der Waals surface area contributed by atoms with Gasteiger partial charge >= 0.3 is 12.2 Å². The van der Waals surface area contributed by atoms with E-state index in [-0.39, 0.29) is 18.3 Å². The first kappa shape index (κ1) is 18.6.